The highest BCUT2D eigenvalue weighted by atomic mass is 35.5. The average Bonchev–Trinajstić information content (AvgIpc) is 2.03. The van der Waals surface area contributed by atoms with E-state index in [1.165, 1.54) is 0 Å². The van der Waals surface area contributed by atoms with Crippen molar-refractivity contribution in [3.8, 4) is 12.3 Å². The molecule has 0 atom stereocenters. The van der Waals surface area contributed by atoms with Gasteiger partial charge in [-0.3, -0.25) is 4.79 Å². The molecule has 0 unspecified atom stereocenters. The van der Waals surface area contributed by atoms with E-state index in [4.69, 9.17) is 18.0 Å². The second-order valence-electron chi connectivity index (χ2n) is 2.26. The number of hydrogen-bond donors (Lipinski definition) is 0. The third kappa shape index (κ3) is 4.69. The van der Waals surface area contributed by atoms with Crippen LogP contribution in [0.5, 0.6) is 0 Å². The molecule has 0 aromatic heterocycles. The van der Waals surface area contributed by atoms with Gasteiger partial charge in [0.15, 0.2) is 0 Å². The van der Waals surface area contributed by atoms with E-state index < -0.39 is 0 Å². The molecule has 11 heavy (non-hydrogen) atoms. The maximum Gasteiger partial charge on any atom is 0.237 e. The summed E-state index contributed by atoms with van der Waals surface area (Å²) < 4.78 is 0. The van der Waals surface area contributed by atoms with Gasteiger partial charge in [-0.1, -0.05) is 0 Å². The van der Waals surface area contributed by atoms with Gasteiger partial charge in [0.05, 0.1) is 0 Å². The first-order valence-corrected chi connectivity index (χ1v) is 3.99. The summed E-state index contributed by atoms with van der Waals surface area (Å²) in [7, 11) is 1.72. The van der Waals surface area contributed by atoms with Gasteiger partial charge in [0.25, 0.3) is 0 Å². The predicted molar refractivity (Wildman–Crippen MR) is 46.4 cm³/mol. The minimum Gasteiger partial charge on any atom is -0.345 e. The fraction of sp³-hybridized carbons (Fsp3) is 0.625. The van der Waals surface area contributed by atoms with Gasteiger partial charge >= 0.3 is 0 Å². The van der Waals surface area contributed by atoms with Crippen molar-refractivity contribution >= 4 is 17.5 Å². The second-order valence-corrected chi connectivity index (χ2v) is 2.52. The van der Waals surface area contributed by atoms with Crippen molar-refractivity contribution in [1.29, 1.82) is 0 Å². The molecular weight excluding hydrogens is 162 g/mol. The Labute approximate surface area is 72.5 Å². The zero-order valence-corrected chi connectivity index (χ0v) is 7.40. The SMILES string of the molecule is C#CCCCN(C)C(=O)CCl. The Bertz CT molecular complexity index is 162. The van der Waals surface area contributed by atoms with E-state index in [1.54, 1.807) is 11.9 Å². The number of nitrogens with zero attached hydrogens (tertiary/aromatic N) is 1. The minimum atomic E-state index is -0.0521. The number of unbranched alkanes of at least 4 members (excludes halogenated alkanes) is 1. The second kappa shape index (κ2) is 6.06. The molecule has 0 aromatic carbocycles. The van der Waals surface area contributed by atoms with Crippen LogP contribution in [0.1, 0.15) is 12.8 Å². The zero-order valence-electron chi connectivity index (χ0n) is 6.64. The predicted octanol–water partition coefficient (Wildman–Crippen LogP) is 1.10. The summed E-state index contributed by atoms with van der Waals surface area (Å²) in [5.41, 5.74) is 0. The molecule has 0 saturated heterocycles. The van der Waals surface area contributed by atoms with Crippen LogP contribution in [-0.4, -0.2) is 30.3 Å². The highest BCUT2D eigenvalue weighted by Gasteiger charge is 2.04. The summed E-state index contributed by atoms with van der Waals surface area (Å²) in [6.45, 7) is 0.690. The molecule has 0 aliphatic rings. The Morgan fingerprint density at radius 2 is 2.36 bits per heavy atom. The molecule has 0 bridgehead atoms. The van der Waals surface area contributed by atoms with E-state index >= 15 is 0 Å². The molecule has 3 heteroatoms. The molecule has 0 fully saturated rings. The number of carbonyl (C=O) groups is 1. The van der Waals surface area contributed by atoms with Crippen molar-refractivity contribution in [3.63, 3.8) is 0 Å². The molecule has 0 N–H and O–H groups in total. The quantitative estimate of drug-likeness (QED) is 0.354. The topological polar surface area (TPSA) is 20.3 Å². The lowest BCUT2D eigenvalue weighted by atomic mass is 10.3. The molecule has 0 heterocycles. The van der Waals surface area contributed by atoms with Crippen molar-refractivity contribution in [2.24, 2.45) is 0 Å². The van der Waals surface area contributed by atoms with Crippen LogP contribution in [0.4, 0.5) is 0 Å². The summed E-state index contributed by atoms with van der Waals surface area (Å²) in [6.07, 6.45) is 6.59. The zero-order chi connectivity index (χ0) is 8.69. The first-order valence-electron chi connectivity index (χ1n) is 3.45. The van der Waals surface area contributed by atoms with Crippen molar-refractivity contribution in [2.45, 2.75) is 12.8 Å². The molecule has 0 spiro atoms. The monoisotopic (exact) mass is 173 g/mol. The molecule has 0 saturated carbocycles. The van der Waals surface area contributed by atoms with Gasteiger partial charge in [-0.2, -0.15) is 0 Å². The molecule has 0 radical (unpaired) electrons. The molecule has 2 nitrogen and oxygen atoms in total. The van der Waals surface area contributed by atoms with Crippen molar-refractivity contribution in [3.05, 3.63) is 0 Å². The van der Waals surface area contributed by atoms with Gasteiger partial charge in [-0.15, -0.1) is 23.9 Å². The molecule has 0 rings (SSSR count). The lowest BCUT2D eigenvalue weighted by Crippen LogP contribution is -2.28. The van der Waals surface area contributed by atoms with E-state index in [2.05, 4.69) is 5.92 Å². The minimum absolute atomic E-state index is 0.0482. The van der Waals surface area contributed by atoms with Gasteiger partial charge < -0.3 is 4.90 Å². The number of halogens is 1. The van der Waals surface area contributed by atoms with Crippen LogP contribution >= 0.6 is 11.6 Å². The fourth-order valence-electron chi connectivity index (χ4n) is 0.645. The summed E-state index contributed by atoms with van der Waals surface area (Å²) in [5.74, 6) is 2.51. The molecule has 0 aromatic rings. The van der Waals surface area contributed by atoms with Gasteiger partial charge in [0, 0.05) is 20.0 Å². The molecule has 62 valence electrons. The van der Waals surface area contributed by atoms with E-state index in [9.17, 15) is 4.79 Å². The largest absolute Gasteiger partial charge is 0.345 e. The van der Waals surface area contributed by atoms with Crippen LogP contribution in [0.25, 0.3) is 0 Å². The van der Waals surface area contributed by atoms with Gasteiger partial charge in [0.1, 0.15) is 5.88 Å². The van der Waals surface area contributed by atoms with Crippen molar-refractivity contribution < 1.29 is 4.79 Å². The number of terminal acetylenes is 1. The van der Waals surface area contributed by atoms with E-state index in [1.807, 2.05) is 0 Å². The van der Waals surface area contributed by atoms with Crippen molar-refractivity contribution in [2.75, 3.05) is 19.5 Å². The standard InChI is InChI=1S/C8H12ClNO/c1-3-4-5-6-10(2)8(11)7-9/h1H,4-7H2,2H3. The lowest BCUT2D eigenvalue weighted by molar-refractivity contribution is -0.127. The average molecular weight is 174 g/mol. The van der Waals surface area contributed by atoms with Gasteiger partial charge in [-0.05, 0) is 6.42 Å². The smallest absolute Gasteiger partial charge is 0.237 e. The Morgan fingerprint density at radius 3 is 2.82 bits per heavy atom. The Morgan fingerprint density at radius 1 is 1.73 bits per heavy atom. The highest BCUT2D eigenvalue weighted by Crippen LogP contribution is 1.93. The Balaban J connectivity index is 3.45. The molecule has 1 amide bonds. The molecule has 0 aliphatic heterocycles. The van der Waals surface area contributed by atoms with E-state index in [-0.39, 0.29) is 11.8 Å². The molecular formula is C8H12ClNO. The third-order valence-corrected chi connectivity index (χ3v) is 1.58. The fourth-order valence-corrected chi connectivity index (χ4v) is 0.849. The number of rotatable bonds is 4. The normalized spacial score (nSPS) is 8.82. The summed E-state index contributed by atoms with van der Waals surface area (Å²) in [4.78, 5) is 12.4. The number of hydrogen-bond acceptors (Lipinski definition) is 1. The lowest BCUT2D eigenvalue weighted by Gasteiger charge is -2.14. The highest BCUT2D eigenvalue weighted by molar-refractivity contribution is 6.27. The van der Waals surface area contributed by atoms with Crippen LogP contribution in [0, 0.1) is 12.3 Å². The van der Waals surface area contributed by atoms with Crippen LogP contribution in [0.3, 0.4) is 0 Å². The number of amides is 1. The maximum atomic E-state index is 10.8. The van der Waals surface area contributed by atoms with Gasteiger partial charge in [-0.25, -0.2) is 0 Å². The Kier molecular flexibility index (Phi) is 5.68. The van der Waals surface area contributed by atoms with Crippen LogP contribution < -0.4 is 0 Å². The summed E-state index contributed by atoms with van der Waals surface area (Å²) in [5, 5.41) is 0. The first-order chi connectivity index (χ1) is 5.22. The summed E-state index contributed by atoms with van der Waals surface area (Å²) in [6, 6.07) is 0. The number of carbonyl (C=O) groups excluding carboxylic acids is 1. The molecule has 0 aliphatic carbocycles. The van der Waals surface area contributed by atoms with Crippen LogP contribution in [-0.2, 0) is 4.79 Å². The summed E-state index contributed by atoms with van der Waals surface area (Å²) >= 11 is 5.33. The Hall–Kier alpha value is -0.680. The van der Waals surface area contributed by atoms with E-state index in [0.29, 0.717) is 13.0 Å². The third-order valence-electron chi connectivity index (χ3n) is 1.35. The van der Waals surface area contributed by atoms with E-state index in [0.717, 1.165) is 6.42 Å². The first kappa shape index (κ1) is 10.3. The van der Waals surface area contributed by atoms with Crippen molar-refractivity contribution in [1.82, 2.24) is 4.90 Å². The van der Waals surface area contributed by atoms with Gasteiger partial charge in [0.2, 0.25) is 5.91 Å². The van der Waals surface area contributed by atoms with Crippen LogP contribution in [0.15, 0.2) is 0 Å². The van der Waals surface area contributed by atoms with Crippen LogP contribution in [0.2, 0.25) is 0 Å². The maximum absolute atomic E-state index is 10.8. The number of alkyl halides is 1.